The number of para-hydroxylation sites is 1. The molecule has 0 saturated carbocycles. The first-order valence-electron chi connectivity index (χ1n) is 15.7. The summed E-state index contributed by atoms with van der Waals surface area (Å²) in [6, 6.07) is 22.8. The zero-order chi connectivity index (χ0) is 31.8. The van der Waals surface area contributed by atoms with Crippen LogP contribution in [0.25, 0.3) is 11.0 Å². The van der Waals surface area contributed by atoms with E-state index in [2.05, 4.69) is 20.9 Å². The van der Waals surface area contributed by atoms with Gasteiger partial charge in [0.15, 0.2) is 0 Å². The Hall–Kier alpha value is -4.42. The summed E-state index contributed by atoms with van der Waals surface area (Å²) >= 11 is 1.59. The van der Waals surface area contributed by atoms with Crippen LogP contribution in [0, 0.1) is 11.8 Å². The second kappa shape index (κ2) is 12.4. The molecule has 3 aliphatic heterocycles. The van der Waals surface area contributed by atoms with Crippen LogP contribution >= 0.6 is 11.8 Å². The summed E-state index contributed by atoms with van der Waals surface area (Å²) in [5, 5.41) is 25.0. The second-order valence-corrected chi connectivity index (χ2v) is 13.7. The maximum absolute atomic E-state index is 14.6. The van der Waals surface area contributed by atoms with Crippen molar-refractivity contribution in [1.29, 1.82) is 0 Å². The number of thioether (sulfide) groups is 1. The lowest BCUT2D eigenvalue weighted by Gasteiger charge is -2.37. The first-order chi connectivity index (χ1) is 22.4. The number of benzene rings is 3. The fourth-order valence-electron chi connectivity index (χ4n) is 7.53. The first-order valence-corrected chi connectivity index (χ1v) is 16.6. The van der Waals surface area contributed by atoms with Crippen molar-refractivity contribution in [2.45, 2.75) is 54.9 Å². The predicted octanol–water partition coefficient (Wildman–Crippen LogP) is 3.24. The normalized spacial score (nSPS) is 25.4. The Morgan fingerprint density at radius 1 is 1.07 bits per heavy atom. The first kappa shape index (κ1) is 30.2. The summed E-state index contributed by atoms with van der Waals surface area (Å²) in [5.41, 5.74) is 3.04. The molecule has 4 heterocycles. The van der Waals surface area contributed by atoms with Crippen LogP contribution in [0.2, 0.25) is 0 Å². The van der Waals surface area contributed by atoms with Gasteiger partial charge in [-0.15, -0.1) is 16.9 Å². The Kier molecular flexibility index (Phi) is 8.16. The number of anilines is 1. The largest absolute Gasteiger partial charge is 0.494 e. The third kappa shape index (κ3) is 5.19. The summed E-state index contributed by atoms with van der Waals surface area (Å²) in [6.45, 7) is 2.19. The number of aliphatic hydroxyl groups excluding tert-OH is 1. The van der Waals surface area contributed by atoms with Gasteiger partial charge in [0.2, 0.25) is 17.7 Å². The van der Waals surface area contributed by atoms with Gasteiger partial charge in [0.1, 0.15) is 24.0 Å². The summed E-state index contributed by atoms with van der Waals surface area (Å²) in [5.74, 6) is -1.44. The molecule has 3 aromatic carbocycles. The summed E-state index contributed by atoms with van der Waals surface area (Å²) in [6.07, 6.45) is 1.71. The molecule has 11 nitrogen and oxygen atoms in total. The predicted molar refractivity (Wildman–Crippen MR) is 174 cm³/mol. The molecule has 0 radical (unpaired) electrons. The van der Waals surface area contributed by atoms with Gasteiger partial charge in [-0.2, -0.15) is 0 Å². The molecule has 3 amide bonds. The molecule has 3 saturated heterocycles. The van der Waals surface area contributed by atoms with Crippen molar-refractivity contribution in [3.05, 3.63) is 84.4 Å². The van der Waals surface area contributed by atoms with E-state index in [9.17, 15) is 19.5 Å². The monoisotopic (exact) mass is 640 g/mol. The number of hydrogen-bond donors (Lipinski definition) is 3. The molecule has 7 rings (SSSR count). The third-order valence-electron chi connectivity index (χ3n) is 9.46. The number of amides is 3. The maximum atomic E-state index is 14.6. The highest BCUT2D eigenvalue weighted by Gasteiger charge is 2.74. The number of aliphatic hydroxyl groups is 1. The van der Waals surface area contributed by atoms with E-state index in [1.54, 1.807) is 45.6 Å². The number of carbonyl (C=O) groups excluding carboxylic acids is 3. The Morgan fingerprint density at radius 3 is 2.59 bits per heavy atom. The van der Waals surface area contributed by atoms with Crippen molar-refractivity contribution in [3.8, 4) is 5.75 Å². The number of fused-ring (bicyclic) bond motifs is 2. The van der Waals surface area contributed by atoms with Gasteiger partial charge >= 0.3 is 0 Å². The van der Waals surface area contributed by atoms with E-state index < -0.39 is 28.7 Å². The zero-order valence-electron chi connectivity index (χ0n) is 25.4. The van der Waals surface area contributed by atoms with Crippen LogP contribution in [-0.4, -0.2) is 78.0 Å². The number of carbonyl (C=O) groups is 3. The van der Waals surface area contributed by atoms with Crippen molar-refractivity contribution in [2.75, 3.05) is 18.5 Å². The second-order valence-electron chi connectivity index (χ2n) is 12.1. The van der Waals surface area contributed by atoms with E-state index in [0.29, 0.717) is 42.8 Å². The van der Waals surface area contributed by atoms with Crippen LogP contribution in [0.15, 0.2) is 78.9 Å². The van der Waals surface area contributed by atoms with Crippen LogP contribution in [0.4, 0.5) is 5.69 Å². The number of hydrogen-bond acceptors (Lipinski definition) is 8. The molecule has 46 heavy (non-hydrogen) atoms. The van der Waals surface area contributed by atoms with Gasteiger partial charge in [-0.25, -0.2) is 4.68 Å². The van der Waals surface area contributed by atoms with Crippen LogP contribution in [0.1, 0.15) is 25.3 Å². The quantitative estimate of drug-likeness (QED) is 0.227. The average Bonchev–Trinajstić information content (AvgIpc) is 3.83. The SMILES string of the molecule is CCOc1ccc(NC(=O)[C@@H]2[C@H]3C(=O)N([C@@H](CO)Cc4ccccc4)C(C(=O)NCn4nnc5ccccc54)C34CC[C@H]2S4)cc1. The summed E-state index contributed by atoms with van der Waals surface area (Å²) < 4.78 is 6.34. The Labute approximate surface area is 270 Å². The van der Waals surface area contributed by atoms with E-state index in [-0.39, 0.29) is 36.2 Å². The molecule has 3 aliphatic rings. The maximum Gasteiger partial charge on any atom is 0.245 e. The van der Waals surface area contributed by atoms with Gasteiger partial charge < -0.3 is 25.4 Å². The molecule has 3 N–H and O–H groups in total. The lowest BCUT2D eigenvalue weighted by Crippen LogP contribution is -2.57. The third-order valence-corrected chi connectivity index (χ3v) is 11.4. The van der Waals surface area contributed by atoms with Crippen molar-refractivity contribution in [2.24, 2.45) is 11.8 Å². The Bertz CT molecular complexity index is 1750. The van der Waals surface area contributed by atoms with E-state index in [1.165, 1.54) is 0 Å². The van der Waals surface area contributed by atoms with Crippen LogP contribution in [0.5, 0.6) is 5.75 Å². The van der Waals surface area contributed by atoms with Crippen LogP contribution in [0.3, 0.4) is 0 Å². The number of rotatable bonds is 11. The standard InChI is InChI=1S/C34H36N6O5S/c1-2-45-24-14-12-22(13-15-24)36-31(42)28-27-16-17-34(46-27)29(28)33(44)40(23(19-41)18-21-8-4-3-5-9-21)30(34)32(43)35-20-39-26-11-7-6-10-25(26)37-38-39/h3-15,23,27-30,41H,2,16-20H2,1H3,(H,35,43)(H,36,42)/t23-,27-,28+,29+,30?,34?/m1/s1. The zero-order valence-corrected chi connectivity index (χ0v) is 26.2. The molecule has 4 aromatic rings. The highest BCUT2D eigenvalue weighted by atomic mass is 32.2. The fraction of sp³-hybridized carbons (Fsp3) is 0.382. The molecule has 2 bridgehead atoms. The minimum absolute atomic E-state index is 0.0663. The minimum atomic E-state index is -0.876. The molecule has 1 aromatic heterocycles. The van der Waals surface area contributed by atoms with Crippen LogP contribution in [-0.2, 0) is 27.5 Å². The molecule has 12 heteroatoms. The van der Waals surface area contributed by atoms with Gasteiger partial charge in [0, 0.05) is 10.9 Å². The van der Waals surface area contributed by atoms with E-state index in [0.717, 1.165) is 11.1 Å². The molecule has 0 aliphatic carbocycles. The van der Waals surface area contributed by atoms with Crippen molar-refractivity contribution in [3.63, 3.8) is 0 Å². The van der Waals surface area contributed by atoms with E-state index in [1.807, 2.05) is 61.5 Å². The van der Waals surface area contributed by atoms with E-state index >= 15 is 0 Å². The van der Waals surface area contributed by atoms with Gasteiger partial charge in [0.25, 0.3) is 0 Å². The molecule has 2 unspecified atom stereocenters. The van der Waals surface area contributed by atoms with Crippen molar-refractivity contribution >= 4 is 46.2 Å². The van der Waals surface area contributed by atoms with Gasteiger partial charge in [-0.3, -0.25) is 14.4 Å². The molecule has 6 atom stereocenters. The molecule has 3 fully saturated rings. The fourth-order valence-corrected chi connectivity index (χ4v) is 9.74. The lowest BCUT2D eigenvalue weighted by atomic mass is 9.70. The summed E-state index contributed by atoms with van der Waals surface area (Å²) in [4.78, 5) is 44.4. The number of likely N-dealkylation sites (tertiary alicyclic amines) is 1. The molecule has 1 spiro atoms. The summed E-state index contributed by atoms with van der Waals surface area (Å²) in [7, 11) is 0. The van der Waals surface area contributed by atoms with Crippen molar-refractivity contribution < 1.29 is 24.2 Å². The molecular weight excluding hydrogens is 604 g/mol. The minimum Gasteiger partial charge on any atom is -0.494 e. The Morgan fingerprint density at radius 2 is 1.83 bits per heavy atom. The van der Waals surface area contributed by atoms with Gasteiger partial charge in [-0.1, -0.05) is 47.7 Å². The topological polar surface area (TPSA) is 139 Å². The average molecular weight is 641 g/mol. The van der Waals surface area contributed by atoms with Gasteiger partial charge in [-0.05, 0) is 68.1 Å². The lowest BCUT2D eigenvalue weighted by molar-refractivity contribution is -0.142. The highest BCUT2D eigenvalue weighted by molar-refractivity contribution is 8.02. The number of aromatic nitrogens is 3. The van der Waals surface area contributed by atoms with Crippen molar-refractivity contribution in [1.82, 2.24) is 25.2 Å². The van der Waals surface area contributed by atoms with Gasteiger partial charge in [0.05, 0.1) is 41.4 Å². The smallest absolute Gasteiger partial charge is 0.245 e. The van der Waals surface area contributed by atoms with Crippen LogP contribution < -0.4 is 15.4 Å². The number of nitrogens with one attached hydrogen (secondary N) is 2. The Balaban J connectivity index is 1.19. The molecule has 238 valence electrons. The van der Waals surface area contributed by atoms with E-state index in [4.69, 9.17) is 4.74 Å². The number of nitrogens with zero attached hydrogens (tertiary/aromatic N) is 4. The highest BCUT2D eigenvalue weighted by Crippen LogP contribution is 2.66. The molecular formula is C34H36N6O5S. The number of ether oxygens (including phenoxy) is 1.